The number of amides is 1. The van der Waals surface area contributed by atoms with Crippen molar-refractivity contribution in [2.45, 2.75) is 58.4 Å². The third-order valence-corrected chi connectivity index (χ3v) is 4.28. The fourth-order valence-corrected chi connectivity index (χ4v) is 2.82. The third kappa shape index (κ3) is 3.47. The smallest absolute Gasteiger partial charge is 0.306 e. The maximum absolute atomic E-state index is 12.2. The van der Waals surface area contributed by atoms with Gasteiger partial charge in [-0.1, -0.05) is 13.8 Å². The minimum Gasteiger partial charge on any atom is -0.481 e. The highest BCUT2D eigenvalue weighted by Crippen LogP contribution is 2.28. The van der Waals surface area contributed by atoms with E-state index in [0.29, 0.717) is 12.8 Å². The summed E-state index contributed by atoms with van der Waals surface area (Å²) in [4.78, 5) is 25.0. The van der Waals surface area contributed by atoms with Gasteiger partial charge in [0, 0.05) is 19.0 Å². The van der Waals surface area contributed by atoms with Crippen molar-refractivity contribution in [2.75, 3.05) is 7.05 Å². The molecule has 1 saturated carbocycles. The lowest BCUT2D eigenvalue weighted by Crippen LogP contribution is -2.43. The lowest BCUT2D eigenvalue weighted by atomic mass is 9.85. The standard InChI is InChI=1S/C14H25NO3/c1-4-10(5-2)13(16)15(3)12-8-6-11(7-9-12)14(17)18/h10-12H,4-9H2,1-3H3,(H,17,18). The zero-order valence-corrected chi connectivity index (χ0v) is 11.7. The molecule has 1 fully saturated rings. The van der Waals surface area contributed by atoms with Crippen molar-refractivity contribution < 1.29 is 14.7 Å². The number of carboxylic acids is 1. The summed E-state index contributed by atoms with van der Waals surface area (Å²) in [6.45, 7) is 4.09. The van der Waals surface area contributed by atoms with E-state index in [2.05, 4.69) is 0 Å². The Labute approximate surface area is 109 Å². The lowest BCUT2D eigenvalue weighted by Gasteiger charge is -2.35. The van der Waals surface area contributed by atoms with Gasteiger partial charge in [0.25, 0.3) is 0 Å². The number of aliphatic carboxylic acids is 1. The van der Waals surface area contributed by atoms with Gasteiger partial charge < -0.3 is 10.0 Å². The van der Waals surface area contributed by atoms with E-state index in [9.17, 15) is 9.59 Å². The second-order valence-corrected chi connectivity index (χ2v) is 5.31. The van der Waals surface area contributed by atoms with Gasteiger partial charge in [-0.05, 0) is 38.5 Å². The molecule has 0 aromatic rings. The molecule has 1 amide bonds. The van der Waals surface area contributed by atoms with Crippen LogP contribution in [0.25, 0.3) is 0 Å². The van der Waals surface area contributed by atoms with Crippen LogP contribution in [0.5, 0.6) is 0 Å². The molecule has 0 radical (unpaired) electrons. The molecule has 104 valence electrons. The van der Waals surface area contributed by atoms with E-state index in [-0.39, 0.29) is 23.8 Å². The summed E-state index contributed by atoms with van der Waals surface area (Å²) < 4.78 is 0. The fourth-order valence-electron chi connectivity index (χ4n) is 2.82. The van der Waals surface area contributed by atoms with Crippen LogP contribution in [0.3, 0.4) is 0 Å². The average molecular weight is 255 g/mol. The molecule has 0 spiro atoms. The first-order chi connectivity index (χ1) is 8.51. The Morgan fingerprint density at radius 2 is 1.67 bits per heavy atom. The number of carbonyl (C=O) groups excluding carboxylic acids is 1. The first-order valence-corrected chi connectivity index (χ1v) is 7.00. The predicted octanol–water partition coefficient (Wildman–Crippen LogP) is 2.52. The van der Waals surface area contributed by atoms with Crippen molar-refractivity contribution >= 4 is 11.9 Å². The molecule has 18 heavy (non-hydrogen) atoms. The molecule has 0 aromatic carbocycles. The Bertz CT molecular complexity index is 291. The monoisotopic (exact) mass is 255 g/mol. The second kappa shape index (κ2) is 6.76. The van der Waals surface area contributed by atoms with E-state index >= 15 is 0 Å². The maximum Gasteiger partial charge on any atom is 0.306 e. The molecule has 0 unspecified atom stereocenters. The van der Waals surface area contributed by atoms with Gasteiger partial charge in [0.15, 0.2) is 0 Å². The van der Waals surface area contributed by atoms with Crippen LogP contribution >= 0.6 is 0 Å². The van der Waals surface area contributed by atoms with E-state index in [1.54, 1.807) is 0 Å². The average Bonchev–Trinajstić information content (AvgIpc) is 2.39. The fraction of sp³-hybridized carbons (Fsp3) is 0.857. The van der Waals surface area contributed by atoms with Crippen molar-refractivity contribution in [3.63, 3.8) is 0 Å². The Morgan fingerprint density at radius 1 is 1.17 bits per heavy atom. The first kappa shape index (κ1) is 15.0. The number of hydrogen-bond donors (Lipinski definition) is 1. The van der Waals surface area contributed by atoms with Crippen LogP contribution in [-0.4, -0.2) is 35.0 Å². The van der Waals surface area contributed by atoms with Crippen LogP contribution in [-0.2, 0) is 9.59 Å². The van der Waals surface area contributed by atoms with Crippen LogP contribution in [0.4, 0.5) is 0 Å². The van der Waals surface area contributed by atoms with E-state index in [1.807, 2.05) is 25.8 Å². The van der Waals surface area contributed by atoms with E-state index in [1.165, 1.54) is 0 Å². The molecule has 0 heterocycles. The molecule has 4 nitrogen and oxygen atoms in total. The molecule has 1 N–H and O–H groups in total. The lowest BCUT2D eigenvalue weighted by molar-refractivity contribution is -0.143. The predicted molar refractivity (Wildman–Crippen MR) is 70.2 cm³/mol. The Kier molecular flexibility index (Phi) is 5.63. The first-order valence-electron chi connectivity index (χ1n) is 7.00. The SMILES string of the molecule is CCC(CC)C(=O)N(C)C1CCC(C(=O)O)CC1. The maximum atomic E-state index is 12.2. The number of nitrogens with zero attached hydrogens (tertiary/aromatic N) is 1. The minimum absolute atomic E-state index is 0.118. The molecule has 0 atom stereocenters. The highest BCUT2D eigenvalue weighted by atomic mass is 16.4. The third-order valence-electron chi connectivity index (χ3n) is 4.28. The minimum atomic E-state index is -0.692. The molecule has 0 aliphatic heterocycles. The van der Waals surface area contributed by atoms with Gasteiger partial charge in [-0.3, -0.25) is 9.59 Å². The Morgan fingerprint density at radius 3 is 2.06 bits per heavy atom. The number of carboxylic acid groups (broad SMARTS) is 1. The zero-order chi connectivity index (χ0) is 13.7. The van der Waals surface area contributed by atoms with Crippen LogP contribution < -0.4 is 0 Å². The summed E-state index contributed by atoms with van der Waals surface area (Å²) in [5, 5.41) is 8.96. The molecular weight excluding hydrogens is 230 g/mol. The Balaban J connectivity index is 2.51. The van der Waals surface area contributed by atoms with Gasteiger partial charge >= 0.3 is 5.97 Å². The molecule has 0 aromatic heterocycles. The zero-order valence-electron chi connectivity index (χ0n) is 11.7. The summed E-state index contributed by atoms with van der Waals surface area (Å²) >= 11 is 0. The van der Waals surface area contributed by atoms with Crippen LogP contribution in [0.1, 0.15) is 52.4 Å². The summed E-state index contributed by atoms with van der Waals surface area (Å²) in [6, 6.07) is 0.230. The highest BCUT2D eigenvalue weighted by Gasteiger charge is 2.31. The van der Waals surface area contributed by atoms with Crippen LogP contribution in [0.15, 0.2) is 0 Å². The summed E-state index contributed by atoms with van der Waals surface area (Å²) in [5.41, 5.74) is 0. The van der Waals surface area contributed by atoms with E-state index in [4.69, 9.17) is 5.11 Å². The van der Waals surface area contributed by atoms with Crippen molar-refractivity contribution in [2.24, 2.45) is 11.8 Å². The molecule has 1 aliphatic rings. The van der Waals surface area contributed by atoms with Crippen molar-refractivity contribution in [1.29, 1.82) is 0 Å². The van der Waals surface area contributed by atoms with Crippen molar-refractivity contribution in [3.8, 4) is 0 Å². The van der Waals surface area contributed by atoms with Gasteiger partial charge in [0.1, 0.15) is 0 Å². The van der Waals surface area contributed by atoms with Gasteiger partial charge in [-0.15, -0.1) is 0 Å². The molecule has 0 saturated heterocycles. The molecule has 1 rings (SSSR count). The molecule has 4 heteroatoms. The normalized spacial score (nSPS) is 24.0. The number of rotatable bonds is 5. The van der Waals surface area contributed by atoms with Crippen LogP contribution in [0, 0.1) is 11.8 Å². The Hall–Kier alpha value is -1.06. The highest BCUT2D eigenvalue weighted by molar-refractivity contribution is 5.78. The van der Waals surface area contributed by atoms with E-state index in [0.717, 1.165) is 25.7 Å². The quantitative estimate of drug-likeness (QED) is 0.821. The second-order valence-electron chi connectivity index (χ2n) is 5.31. The number of hydrogen-bond acceptors (Lipinski definition) is 2. The van der Waals surface area contributed by atoms with Crippen molar-refractivity contribution in [1.82, 2.24) is 4.90 Å². The van der Waals surface area contributed by atoms with Gasteiger partial charge in [-0.25, -0.2) is 0 Å². The molecular formula is C14H25NO3. The van der Waals surface area contributed by atoms with Gasteiger partial charge in [0.05, 0.1) is 5.92 Å². The topological polar surface area (TPSA) is 57.6 Å². The van der Waals surface area contributed by atoms with E-state index < -0.39 is 5.97 Å². The van der Waals surface area contributed by atoms with Gasteiger partial charge in [0.2, 0.25) is 5.91 Å². The van der Waals surface area contributed by atoms with Crippen molar-refractivity contribution in [3.05, 3.63) is 0 Å². The summed E-state index contributed by atoms with van der Waals surface area (Å²) in [5.74, 6) is -0.564. The number of carbonyl (C=O) groups is 2. The van der Waals surface area contributed by atoms with Gasteiger partial charge in [-0.2, -0.15) is 0 Å². The summed E-state index contributed by atoms with van der Waals surface area (Å²) in [7, 11) is 1.87. The largest absolute Gasteiger partial charge is 0.481 e. The molecule has 1 aliphatic carbocycles. The van der Waals surface area contributed by atoms with Crippen LogP contribution in [0.2, 0.25) is 0 Å². The molecule has 0 bridgehead atoms. The summed E-state index contributed by atoms with van der Waals surface area (Å²) in [6.07, 6.45) is 4.79.